The Bertz CT molecular complexity index is 319. The van der Waals surface area contributed by atoms with Crippen molar-refractivity contribution in [2.24, 2.45) is 5.41 Å². The number of likely N-dealkylation sites (tertiary alicyclic amines) is 1. The zero-order chi connectivity index (χ0) is 13.3. The molecule has 1 fully saturated rings. The topological polar surface area (TPSA) is 57.6 Å². The zero-order valence-electron chi connectivity index (χ0n) is 11.2. The fourth-order valence-corrected chi connectivity index (χ4v) is 2.58. The molecule has 1 unspecified atom stereocenters. The van der Waals surface area contributed by atoms with Gasteiger partial charge in [0.1, 0.15) is 5.54 Å². The first-order chi connectivity index (χ1) is 7.75. The molecule has 0 aromatic carbocycles. The highest BCUT2D eigenvalue weighted by atomic mass is 16.4. The maximum Gasteiger partial charge on any atom is 0.329 e. The van der Waals surface area contributed by atoms with Crippen molar-refractivity contribution in [1.29, 1.82) is 0 Å². The van der Waals surface area contributed by atoms with Gasteiger partial charge in [0, 0.05) is 12.0 Å². The fourth-order valence-electron chi connectivity index (χ4n) is 2.58. The minimum absolute atomic E-state index is 0.0501. The number of nitrogens with zero attached hydrogens (tertiary/aromatic N) is 1. The van der Waals surface area contributed by atoms with E-state index in [4.69, 9.17) is 0 Å². The standard InChI is InChI=1S/C13H23NO3/c1-5-7-13(11(16)17)8-6-9-14(13)10(15)12(2,3)4/h5-9H2,1-4H3,(H,16,17). The first-order valence-electron chi connectivity index (χ1n) is 6.31. The Morgan fingerprint density at radius 3 is 2.35 bits per heavy atom. The molecule has 0 aromatic heterocycles. The summed E-state index contributed by atoms with van der Waals surface area (Å²) < 4.78 is 0. The second-order valence-corrected chi connectivity index (χ2v) is 5.90. The SMILES string of the molecule is CCCC1(C(=O)O)CCCN1C(=O)C(C)(C)C. The van der Waals surface area contributed by atoms with Crippen molar-refractivity contribution >= 4 is 11.9 Å². The molecule has 1 aliphatic heterocycles. The molecule has 17 heavy (non-hydrogen) atoms. The van der Waals surface area contributed by atoms with Crippen molar-refractivity contribution in [3.05, 3.63) is 0 Å². The molecule has 0 saturated carbocycles. The summed E-state index contributed by atoms with van der Waals surface area (Å²) in [7, 11) is 0. The molecule has 0 bridgehead atoms. The van der Waals surface area contributed by atoms with Crippen molar-refractivity contribution in [3.8, 4) is 0 Å². The number of aliphatic carboxylic acids is 1. The summed E-state index contributed by atoms with van der Waals surface area (Å²) in [6.45, 7) is 8.05. The number of carbonyl (C=O) groups excluding carboxylic acids is 1. The lowest BCUT2D eigenvalue weighted by atomic mass is 9.87. The molecule has 1 atom stereocenters. The van der Waals surface area contributed by atoms with Crippen molar-refractivity contribution < 1.29 is 14.7 Å². The van der Waals surface area contributed by atoms with E-state index in [1.54, 1.807) is 4.90 Å². The van der Waals surface area contributed by atoms with Gasteiger partial charge in [-0.05, 0) is 19.3 Å². The van der Waals surface area contributed by atoms with Crippen LogP contribution in [-0.2, 0) is 9.59 Å². The van der Waals surface area contributed by atoms with E-state index in [2.05, 4.69) is 0 Å². The fraction of sp³-hybridized carbons (Fsp3) is 0.846. The number of hydrogen-bond donors (Lipinski definition) is 1. The number of carboxylic acid groups (broad SMARTS) is 1. The van der Waals surface area contributed by atoms with E-state index in [0.29, 0.717) is 19.4 Å². The van der Waals surface area contributed by atoms with Crippen LogP contribution < -0.4 is 0 Å². The molecular formula is C13H23NO3. The predicted octanol–water partition coefficient (Wildman–Crippen LogP) is 2.28. The van der Waals surface area contributed by atoms with Crippen LogP contribution in [-0.4, -0.2) is 34.0 Å². The molecule has 4 nitrogen and oxygen atoms in total. The van der Waals surface area contributed by atoms with Crippen LogP contribution in [0.2, 0.25) is 0 Å². The lowest BCUT2D eigenvalue weighted by Crippen LogP contribution is -2.55. The molecule has 0 aromatic rings. The summed E-state index contributed by atoms with van der Waals surface area (Å²) in [5, 5.41) is 9.49. The highest BCUT2D eigenvalue weighted by Crippen LogP contribution is 2.37. The quantitative estimate of drug-likeness (QED) is 0.824. The van der Waals surface area contributed by atoms with Crippen molar-refractivity contribution in [2.75, 3.05) is 6.54 Å². The van der Waals surface area contributed by atoms with E-state index < -0.39 is 16.9 Å². The summed E-state index contributed by atoms with van der Waals surface area (Å²) in [5.74, 6) is -0.902. The summed E-state index contributed by atoms with van der Waals surface area (Å²) in [6.07, 6.45) is 2.69. The minimum Gasteiger partial charge on any atom is -0.479 e. The third kappa shape index (κ3) is 2.45. The summed E-state index contributed by atoms with van der Waals surface area (Å²) in [4.78, 5) is 25.5. The predicted molar refractivity (Wildman–Crippen MR) is 65.7 cm³/mol. The summed E-state index contributed by atoms with van der Waals surface area (Å²) in [6, 6.07) is 0. The Kier molecular flexibility index (Phi) is 3.84. The lowest BCUT2D eigenvalue weighted by molar-refractivity contribution is -0.160. The zero-order valence-corrected chi connectivity index (χ0v) is 11.2. The maximum absolute atomic E-state index is 12.3. The normalized spacial score (nSPS) is 25.1. The largest absolute Gasteiger partial charge is 0.479 e. The van der Waals surface area contributed by atoms with E-state index in [9.17, 15) is 14.7 Å². The third-order valence-electron chi connectivity index (χ3n) is 3.44. The van der Waals surface area contributed by atoms with Crippen LogP contribution in [0.25, 0.3) is 0 Å². The number of carboxylic acids is 1. The van der Waals surface area contributed by atoms with Crippen LogP contribution in [0.1, 0.15) is 53.4 Å². The first-order valence-corrected chi connectivity index (χ1v) is 6.31. The van der Waals surface area contributed by atoms with Gasteiger partial charge in [0.25, 0.3) is 0 Å². The van der Waals surface area contributed by atoms with Gasteiger partial charge in [-0.1, -0.05) is 34.1 Å². The molecule has 98 valence electrons. The molecule has 1 aliphatic rings. The Labute approximate surface area is 103 Å². The molecule has 4 heteroatoms. The highest BCUT2D eigenvalue weighted by molar-refractivity contribution is 5.90. The van der Waals surface area contributed by atoms with Crippen molar-refractivity contribution in [1.82, 2.24) is 4.90 Å². The molecular weight excluding hydrogens is 218 g/mol. The second-order valence-electron chi connectivity index (χ2n) is 5.90. The van der Waals surface area contributed by atoms with Gasteiger partial charge in [0.15, 0.2) is 0 Å². The second kappa shape index (κ2) is 4.67. The van der Waals surface area contributed by atoms with Gasteiger partial charge in [-0.15, -0.1) is 0 Å². The number of hydrogen-bond acceptors (Lipinski definition) is 2. The number of amides is 1. The van der Waals surface area contributed by atoms with Crippen LogP contribution >= 0.6 is 0 Å². The average Bonchev–Trinajstić information content (AvgIpc) is 2.60. The Hall–Kier alpha value is -1.06. The average molecular weight is 241 g/mol. The number of carbonyl (C=O) groups is 2. The molecule has 1 N–H and O–H groups in total. The highest BCUT2D eigenvalue weighted by Gasteiger charge is 2.50. The van der Waals surface area contributed by atoms with Gasteiger partial charge in [-0.2, -0.15) is 0 Å². The summed E-state index contributed by atoms with van der Waals surface area (Å²) >= 11 is 0. The molecule has 1 heterocycles. The summed E-state index contributed by atoms with van der Waals surface area (Å²) in [5.41, 5.74) is -1.47. The van der Waals surface area contributed by atoms with Crippen LogP contribution in [0.3, 0.4) is 0 Å². The van der Waals surface area contributed by atoms with E-state index in [-0.39, 0.29) is 5.91 Å². The Morgan fingerprint density at radius 2 is 1.94 bits per heavy atom. The van der Waals surface area contributed by atoms with Crippen LogP contribution in [0, 0.1) is 5.41 Å². The molecule has 0 spiro atoms. The molecule has 1 saturated heterocycles. The molecule has 0 aliphatic carbocycles. The van der Waals surface area contributed by atoms with Gasteiger partial charge in [-0.25, -0.2) is 4.79 Å². The number of rotatable bonds is 3. The molecule has 0 radical (unpaired) electrons. The Balaban J connectivity index is 3.05. The van der Waals surface area contributed by atoms with Crippen molar-refractivity contribution in [2.45, 2.75) is 58.9 Å². The molecule has 1 rings (SSSR count). The van der Waals surface area contributed by atoms with Gasteiger partial charge in [0.05, 0.1) is 0 Å². The van der Waals surface area contributed by atoms with Gasteiger partial charge in [-0.3, -0.25) is 4.79 Å². The smallest absolute Gasteiger partial charge is 0.329 e. The van der Waals surface area contributed by atoms with Gasteiger partial charge in [0.2, 0.25) is 5.91 Å². The maximum atomic E-state index is 12.3. The van der Waals surface area contributed by atoms with Crippen molar-refractivity contribution in [3.63, 3.8) is 0 Å². The van der Waals surface area contributed by atoms with E-state index in [0.717, 1.165) is 12.8 Å². The van der Waals surface area contributed by atoms with E-state index in [1.807, 2.05) is 27.7 Å². The lowest BCUT2D eigenvalue weighted by Gasteiger charge is -2.38. The third-order valence-corrected chi connectivity index (χ3v) is 3.44. The van der Waals surface area contributed by atoms with Crippen LogP contribution in [0.5, 0.6) is 0 Å². The monoisotopic (exact) mass is 241 g/mol. The minimum atomic E-state index is -0.959. The van der Waals surface area contributed by atoms with Gasteiger partial charge >= 0.3 is 5.97 Å². The van der Waals surface area contributed by atoms with Gasteiger partial charge < -0.3 is 10.0 Å². The van der Waals surface area contributed by atoms with Crippen LogP contribution in [0.15, 0.2) is 0 Å². The van der Waals surface area contributed by atoms with Crippen LogP contribution in [0.4, 0.5) is 0 Å². The molecule has 1 amide bonds. The Morgan fingerprint density at radius 1 is 1.35 bits per heavy atom. The first kappa shape index (κ1) is 14.0. The van der Waals surface area contributed by atoms with E-state index >= 15 is 0 Å². The van der Waals surface area contributed by atoms with E-state index in [1.165, 1.54) is 0 Å².